The van der Waals surface area contributed by atoms with E-state index in [1.165, 1.54) is 100 Å². The molecule has 0 saturated carbocycles. The van der Waals surface area contributed by atoms with Crippen LogP contribution in [-0.4, -0.2) is 0 Å². The highest BCUT2D eigenvalue weighted by atomic mass is 15.1. The first-order chi connectivity index (χ1) is 37.7. The second-order valence-electron chi connectivity index (χ2n) is 20.6. The number of hydrogen-bond donors (Lipinski definition) is 0. The molecule has 0 spiro atoms. The lowest BCUT2D eigenvalue weighted by Crippen LogP contribution is -2.44. The zero-order valence-electron chi connectivity index (χ0n) is 41.9. The largest absolute Gasteiger partial charge is 0.310 e. The molecule has 3 aliphatic carbocycles. The van der Waals surface area contributed by atoms with Crippen LogP contribution >= 0.6 is 0 Å². The van der Waals surface area contributed by atoms with Crippen LogP contribution in [0.25, 0.3) is 33.4 Å². The zero-order valence-corrected chi connectivity index (χ0v) is 41.9. The van der Waals surface area contributed by atoms with E-state index >= 15 is 0 Å². The number of rotatable bonds is 9. The van der Waals surface area contributed by atoms with Crippen molar-refractivity contribution in [1.29, 1.82) is 0 Å². The van der Waals surface area contributed by atoms with Crippen molar-refractivity contribution in [3.63, 3.8) is 0 Å². The molecule has 0 heterocycles. The molecule has 0 N–H and O–H groups in total. The van der Waals surface area contributed by atoms with E-state index in [-0.39, 0.29) is 0 Å². The lowest BCUT2D eigenvalue weighted by Gasteiger charge is -2.49. The van der Waals surface area contributed by atoms with Crippen molar-refractivity contribution in [2.24, 2.45) is 0 Å². The number of benzene rings is 12. The quantitative estimate of drug-likeness (QED) is 0.139. The standard InChI is InChI=1S/C75H51N/c1-6-24-52(25-7-1)53-44-46-59(47-45-53)76(61-48-49-64-62-36-16-18-39-66(62)73(71(64)51-61,54-26-8-2-9-27-54)55-28-10-3-11-29-55)60-35-22-34-58(50-60)74(56-30-12-4-13-31-56)68-41-20-21-42-69(68)75(57-32-14-5-15-33-57)67-40-19-17-37-63(67)65-38-23-43-70(74)72(65)75/h1-51H. The minimum absolute atomic E-state index is 0.533. The summed E-state index contributed by atoms with van der Waals surface area (Å²) < 4.78 is 0. The molecule has 15 rings (SSSR count). The molecule has 0 aromatic heterocycles. The average molecular weight is 966 g/mol. The SMILES string of the molecule is c1ccc(-c2ccc(N(c3cccc(C4(c5ccccc5)c5ccccc5C5(c6ccccc6)c6ccccc6-c6cccc4c65)c3)c3ccc4c(c3)C(c3ccccc3)(c3ccccc3)c3ccccc3-4)cc2)cc1. The maximum atomic E-state index is 2.50. The Morgan fingerprint density at radius 1 is 0.197 bits per heavy atom. The average Bonchev–Trinajstić information content (AvgIpc) is 4.16. The Bertz CT molecular complexity index is 4110. The first-order valence-corrected chi connectivity index (χ1v) is 26.6. The highest BCUT2D eigenvalue weighted by molar-refractivity contribution is 5.93. The van der Waals surface area contributed by atoms with E-state index in [2.05, 4.69) is 314 Å². The topological polar surface area (TPSA) is 3.24 Å². The summed E-state index contributed by atoms with van der Waals surface area (Å²) in [6.07, 6.45) is 0. The summed E-state index contributed by atoms with van der Waals surface area (Å²) in [5.74, 6) is 0. The van der Waals surface area contributed by atoms with Crippen LogP contribution in [0.1, 0.15) is 66.8 Å². The molecule has 76 heavy (non-hydrogen) atoms. The molecule has 12 aromatic rings. The zero-order chi connectivity index (χ0) is 50.3. The van der Waals surface area contributed by atoms with Gasteiger partial charge in [-0.1, -0.05) is 273 Å². The molecule has 0 amide bonds. The summed E-state index contributed by atoms with van der Waals surface area (Å²) in [4.78, 5) is 2.50. The van der Waals surface area contributed by atoms with E-state index in [0.717, 1.165) is 17.1 Å². The predicted molar refractivity (Wildman–Crippen MR) is 313 cm³/mol. The van der Waals surface area contributed by atoms with Crippen molar-refractivity contribution in [3.05, 3.63) is 376 Å². The predicted octanol–water partition coefficient (Wildman–Crippen LogP) is 18.2. The second-order valence-corrected chi connectivity index (χ2v) is 20.6. The maximum Gasteiger partial charge on any atom is 0.0720 e. The van der Waals surface area contributed by atoms with Crippen LogP contribution in [0.2, 0.25) is 0 Å². The fourth-order valence-electron chi connectivity index (χ4n) is 14.2. The second kappa shape index (κ2) is 17.3. The maximum absolute atomic E-state index is 2.50. The molecule has 0 saturated heterocycles. The van der Waals surface area contributed by atoms with E-state index in [1.54, 1.807) is 0 Å². The normalized spacial score (nSPS) is 16.9. The highest BCUT2D eigenvalue weighted by Crippen LogP contribution is 2.66. The molecular formula is C75H51N. The summed E-state index contributed by atoms with van der Waals surface area (Å²) in [6.45, 7) is 0. The van der Waals surface area contributed by atoms with Crippen molar-refractivity contribution in [3.8, 4) is 33.4 Å². The molecule has 2 atom stereocenters. The van der Waals surface area contributed by atoms with Crippen LogP contribution in [0.4, 0.5) is 17.1 Å². The van der Waals surface area contributed by atoms with Gasteiger partial charge in [-0.2, -0.15) is 0 Å². The first kappa shape index (κ1) is 44.0. The summed E-state index contributed by atoms with van der Waals surface area (Å²) >= 11 is 0. The molecule has 12 aromatic carbocycles. The summed E-state index contributed by atoms with van der Waals surface area (Å²) in [6, 6.07) is 116. The summed E-state index contributed by atoms with van der Waals surface area (Å²) in [5, 5.41) is 0. The van der Waals surface area contributed by atoms with Crippen molar-refractivity contribution in [2.45, 2.75) is 16.2 Å². The van der Waals surface area contributed by atoms with Gasteiger partial charge < -0.3 is 4.90 Å². The fourth-order valence-corrected chi connectivity index (χ4v) is 14.2. The molecule has 2 unspecified atom stereocenters. The van der Waals surface area contributed by atoms with Gasteiger partial charge in [0.15, 0.2) is 0 Å². The smallest absolute Gasteiger partial charge is 0.0720 e. The highest BCUT2D eigenvalue weighted by Gasteiger charge is 2.57. The lowest BCUT2D eigenvalue weighted by molar-refractivity contribution is 0.627. The van der Waals surface area contributed by atoms with Crippen LogP contribution in [0.5, 0.6) is 0 Å². The van der Waals surface area contributed by atoms with E-state index in [1.807, 2.05) is 0 Å². The molecule has 0 radical (unpaired) electrons. The van der Waals surface area contributed by atoms with Gasteiger partial charge in [-0.05, 0) is 137 Å². The molecule has 0 aliphatic heterocycles. The van der Waals surface area contributed by atoms with E-state index in [9.17, 15) is 0 Å². The Morgan fingerprint density at radius 3 is 1.16 bits per heavy atom. The van der Waals surface area contributed by atoms with Crippen LogP contribution in [0, 0.1) is 0 Å². The number of nitrogens with zero attached hydrogens (tertiary/aromatic N) is 1. The van der Waals surface area contributed by atoms with Crippen LogP contribution < -0.4 is 4.90 Å². The fraction of sp³-hybridized carbons (Fsp3) is 0.0400. The summed E-state index contributed by atoms with van der Waals surface area (Å²) in [5.41, 5.74) is 24.3. The minimum atomic E-state index is -0.711. The molecule has 0 bridgehead atoms. The van der Waals surface area contributed by atoms with Crippen molar-refractivity contribution < 1.29 is 0 Å². The van der Waals surface area contributed by atoms with Gasteiger partial charge in [0.25, 0.3) is 0 Å². The van der Waals surface area contributed by atoms with Gasteiger partial charge in [0, 0.05) is 17.1 Å². The number of fused-ring (bicyclic) bond motifs is 8. The first-order valence-electron chi connectivity index (χ1n) is 26.6. The van der Waals surface area contributed by atoms with Gasteiger partial charge in [0.05, 0.1) is 16.2 Å². The third kappa shape index (κ3) is 6.09. The van der Waals surface area contributed by atoms with Gasteiger partial charge in [0.2, 0.25) is 0 Å². The molecular weight excluding hydrogens is 915 g/mol. The molecule has 0 fully saturated rings. The Morgan fingerprint density at radius 2 is 0.566 bits per heavy atom. The van der Waals surface area contributed by atoms with Crippen molar-refractivity contribution in [1.82, 2.24) is 0 Å². The van der Waals surface area contributed by atoms with Crippen LogP contribution in [-0.2, 0) is 16.2 Å². The van der Waals surface area contributed by atoms with Gasteiger partial charge in [-0.25, -0.2) is 0 Å². The molecule has 3 aliphatic rings. The van der Waals surface area contributed by atoms with Crippen molar-refractivity contribution in [2.75, 3.05) is 4.90 Å². The Hall–Kier alpha value is -9.56. The number of anilines is 3. The number of hydrogen-bond acceptors (Lipinski definition) is 1. The van der Waals surface area contributed by atoms with E-state index in [4.69, 9.17) is 0 Å². The lowest BCUT2D eigenvalue weighted by atomic mass is 9.51. The van der Waals surface area contributed by atoms with Gasteiger partial charge in [0.1, 0.15) is 0 Å². The van der Waals surface area contributed by atoms with Crippen LogP contribution in [0.15, 0.2) is 309 Å². The minimum Gasteiger partial charge on any atom is -0.310 e. The Balaban J connectivity index is 1.01. The van der Waals surface area contributed by atoms with E-state index < -0.39 is 16.2 Å². The molecule has 356 valence electrons. The monoisotopic (exact) mass is 965 g/mol. The molecule has 1 heteroatoms. The van der Waals surface area contributed by atoms with E-state index in [0.29, 0.717) is 0 Å². The van der Waals surface area contributed by atoms with Gasteiger partial charge >= 0.3 is 0 Å². The van der Waals surface area contributed by atoms with Crippen molar-refractivity contribution >= 4 is 17.1 Å². The Labute approximate surface area is 445 Å². The third-order valence-electron chi connectivity index (χ3n) is 17.1. The van der Waals surface area contributed by atoms with Gasteiger partial charge in [-0.15, -0.1) is 0 Å². The van der Waals surface area contributed by atoms with Crippen LogP contribution in [0.3, 0.4) is 0 Å². The summed E-state index contributed by atoms with van der Waals surface area (Å²) in [7, 11) is 0. The van der Waals surface area contributed by atoms with Gasteiger partial charge in [-0.3, -0.25) is 0 Å². The third-order valence-corrected chi connectivity index (χ3v) is 17.1. The Kier molecular flexibility index (Phi) is 9.99. The molecule has 1 nitrogen and oxygen atoms in total.